The molecular formula is C24H26N6O. The quantitative estimate of drug-likeness (QED) is 0.444. The summed E-state index contributed by atoms with van der Waals surface area (Å²) in [6, 6.07) is 21.4. The predicted octanol–water partition coefficient (Wildman–Crippen LogP) is 3.92. The lowest BCUT2D eigenvalue weighted by atomic mass is 10.1. The standard InChI is InChI=1S/C24H26N6O/c1-16-7-9-17(10-8-16)20-5-4-6-21-28-23(29-30(20)21)27-19-13-11-18(12-14-19)22(31)26-15-24(2,3)25/h4-14H,15,25H2,1-3H3,(H,26,31)(H,27,29). The Labute approximate surface area is 181 Å². The molecule has 0 aliphatic rings. The number of aromatic nitrogens is 3. The third-order valence-electron chi connectivity index (χ3n) is 4.81. The molecule has 2 aromatic heterocycles. The molecule has 0 saturated heterocycles. The van der Waals surface area contributed by atoms with Gasteiger partial charge in [-0.15, -0.1) is 5.10 Å². The van der Waals surface area contributed by atoms with Gasteiger partial charge in [0.1, 0.15) is 0 Å². The SMILES string of the molecule is Cc1ccc(-c2cccc3nc(Nc4ccc(C(=O)NCC(C)(C)N)cc4)nn23)cc1. The topological polar surface area (TPSA) is 97.3 Å². The van der Waals surface area contributed by atoms with Gasteiger partial charge in [-0.1, -0.05) is 35.9 Å². The summed E-state index contributed by atoms with van der Waals surface area (Å²) in [6.07, 6.45) is 0. The molecule has 2 aromatic carbocycles. The fourth-order valence-electron chi connectivity index (χ4n) is 3.15. The van der Waals surface area contributed by atoms with Crippen LogP contribution in [-0.4, -0.2) is 32.6 Å². The zero-order chi connectivity index (χ0) is 22.0. The van der Waals surface area contributed by atoms with Crippen LogP contribution in [0, 0.1) is 6.92 Å². The largest absolute Gasteiger partial charge is 0.350 e. The molecule has 0 spiro atoms. The summed E-state index contributed by atoms with van der Waals surface area (Å²) < 4.78 is 1.82. The number of nitrogens with two attached hydrogens (primary N) is 1. The third-order valence-corrected chi connectivity index (χ3v) is 4.81. The fraction of sp³-hybridized carbons (Fsp3) is 0.208. The van der Waals surface area contributed by atoms with Crippen LogP contribution in [0.15, 0.2) is 66.7 Å². The highest BCUT2D eigenvalue weighted by molar-refractivity contribution is 5.94. The van der Waals surface area contributed by atoms with Crippen LogP contribution in [0.4, 0.5) is 11.6 Å². The molecular weight excluding hydrogens is 388 g/mol. The van der Waals surface area contributed by atoms with E-state index in [9.17, 15) is 4.79 Å². The lowest BCUT2D eigenvalue weighted by Gasteiger charge is -2.18. The molecule has 1 amide bonds. The minimum absolute atomic E-state index is 0.154. The summed E-state index contributed by atoms with van der Waals surface area (Å²) in [5, 5.41) is 10.7. The first-order chi connectivity index (χ1) is 14.8. The fourth-order valence-corrected chi connectivity index (χ4v) is 3.15. The van der Waals surface area contributed by atoms with E-state index >= 15 is 0 Å². The van der Waals surface area contributed by atoms with Crippen molar-refractivity contribution in [3.05, 3.63) is 77.9 Å². The minimum atomic E-state index is -0.455. The van der Waals surface area contributed by atoms with Crippen LogP contribution in [0.5, 0.6) is 0 Å². The number of amides is 1. The van der Waals surface area contributed by atoms with E-state index in [0.717, 1.165) is 22.6 Å². The van der Waals surface area contributed by atoms with E-state index < -0.39 is 5.54 Å². The zero-order valence-corrected chi connectivity index (χ0v) is 17.9. The number of pyridine rings is 1. The van der Waals surface area contributed by atoms with Crippen LogP contribution >= 0.6 is 0 Å². The predicted molar refractivity (Wildman–Crippen MR) is 123 cm³/mol. The van der Waals surface area contributed by atoms with Gasteiger partial charge in [-0.2, -0.15) is 4.98 Å². The van der Waals surface area contributed by atoms with Gasteiger partial charge in [0.05, 0.1) is 5.69 Å². The average Bonchev–Trinajstić information content (AvgIpc) is 3.15. The van der Waals surface area contributed by atoms with Crippen molar-refractivity contribution in [2.75, 3.05) is 11.9 Å². The normalized spacial score (nSPS) is 11.5. The number of nitrogens with zero attached hydrogens (tertiary/aromatic N) is 3. The molecule has 7 heteroatoms. The first-order valence-corrected chi connectivity index (χ1v) is 10.2. The average molecular weight is 415 g/mol. The van der Waals surface area contributed by atoms with Crippen molar-refractivity contribution in [2.24, 2.45) is 5.73 Å². The lowest BCUT2D eigenvalue weighted by Crippen LogP contribution is -2.45. The number of carbonyl (C=O) groups is 1. The Balaban J connectivity index is 1.52. The Morgan fingerprint density at radius 2 is 1.74 bits per heavy atom. The van der Waals surface area contributed by atoms with E-state index in [1.165, 1.54) is 5.56 Å². The van der Waals surface area contributed by atoms with Crippen molar-refractivity contribution in [3.63, 3.8) is 0 Å². The van der Waals surface area contributed by atoms with Gasteiger partial charge >= 0.3 is 0 Å². The van der Waals surface area contributed by atoms with E-state index in [0.29, 0.717) is 18.1 Å². The van der Waals surface area contributed by atoms with Crippen molar-refractivity contribution in [3.8, 4) is 11.3 Å². The van der Waals surface area contributed by atoms with E-state index in [-0.39, 0.29) is 5.91 Å². The lowest BCUT2D eigenvalue weighted by molar-refractivity contribution is 0.0946. The molecule has 31 heavy (non-hydrogen) atoms. The Morgan fingerprint density at radius 3 is 2.42 bits per heavy atom. The number of carbonyl (C=O) groups excluding carboxylic acids is 1. The Bertz CT molecular complexity index is 1200. The van der Waals surface area contributed by atoms with E-state index in [2.05, 4.69) is 51.9 Å². The van der Waals surface area contributed by atoms with Crippen molar-refractivity contribution >= 4 is 23.2 Å². The molecule has 0 fully saturated rings. The molecule has 158 valence electrons. The zero-order valence-electron chi connectivity index (χ0n) is 17.9. The Morgan fingerprint density at radius 1 is 1.03 bits per heavy atom. The second kappa shape index (κ2) is 8.20. The maximum Gasteiger partial charge on any atom is 0.251 e. The monoisotopic (exact) mass is 414 g/mol. The highest BCUT2D eigenvalue weighted by atomic mass is 16.1. The highest BCUT2D eigenvalue weighted by Crippen LogP contribution is 2.22. The van der Waals surface area contributed by atoms with Gasteiger partial charge in [-0.3, -0.25) is 4.79 Å². The van der Waals surface area contributed by atoms with Crippen LogP contribution in [0.1, 0.15) is 29.8 Å². The number of hydrogen-bond donors (Lipinski definition) is 3. The van der Waals surface area contributed by atoms with Gasteiger partial charge in [-0.25, -0.2) is 4.52 Å². The number of rotatable bonds is 6. The summed E-state index contributed by atoms with van der Waals surface area (Å²) in [5.74, 6) is 0.334. The van der Waals surface area contributed by atoms with Crippen LogP contribution in [0.2, 0.25) is 0 Å². The Kier molecular flexibility index (Phi) is 5.44. The summed E-state index contributed by atoms with van der Waals surface area (Å²) >= 11 is 0. The second-order valence-corrected chi connectivity index (χ2v) is 8.36. The van der Waals surface area contributed by atoms with Crippen molar-refractivity contribution in [2.45, 2.75) is 26.3 Å². The van der Waals surface area contributed by atoms with Gasteiger partial charge in [0, 0.05) is 28.9 Å². The number of hydrogen-bond acceptors (Lipinski definition) is 5. The molecule has 0 unspecified atom stereocenters. The number of nitrogens with one attached hydrogen (secondary N) is 2. The van der Waals surface area contributed by atoms with Crippen molar-refractivity contribution in [1.82, 2.24) is 19.9 Å². The van der Waals surface area contributed by atoms with Gasteiger partial charge in [0.25, 0.3) is 5.91 Å². The number of benzene rings is 2. The third kappa shape index (κ3) is 4.90. The molecule has 0 radical (unpaired) electrons. The Hall–Kier alpha value is -3.71. The van der Waals surface area contributed by atoms with Crippen molar-refractivity contribution < 1.29 is 4.79 Å². The highest BCUT2D eigenvalue weighted by Gasteiger charge is 2.14. The first kappa shape index (κ1) is 20.6. The second-order valence-electron chi connectivity index (χ2n) is 8.36. The summed E-state index contributed by atoms with van der Waals surface area (Å²) in [4.78, 5) is 16.8. The molecule has 2 heterocycles. The van der Waals surface area contributed by atoms with Gasteiger partial charge in [-0.05, 0) is 57.2 Å². The van der Waals surface area contributed by atoms with Gasteiger partial charge < -0.3 is 16.4 Å². The molecule has 0 atom stereocenters. The summed E-state index contributed by atoms with van der Waals surface area (Å²) in [6.45, 7) is 6.20. The summed E-state index contributed by atoms with van der Waals surface area (Å²) in [5.41, 5.74) is 10.8. The molecule has 4 aromatic rings. The van der Waals surface area contributed by atoms with Crippen LogP contribution in [0.3, 0.4) is 0 Å². The number of anilines is 2. The van der Waals surface area contributed by atoms with E-state index in [4.69, 9.17) is 5.73 Å². The first-order valence-electron chi connectivity index (χ1n) is 10.2. The molecule has 4 rings (SSSR count). The minimum Gasteiger partial charge on any atom is -0.350 e. The van der Waals surface area contributed by atoms with Crippen LogP contribution in [-0.2, 0) is 0 Å². The molecule has 0 bridgehead atoms. The van der Waals surface area contributed by atoms with E-state index in [1.54, 1.807) is 12.1 Å². The maximum absolute atomic E-state index is 12.3. The molecule has 4 N–H and O–H groups in total. The molecule has 0 aliphatic heterocycles. The van der Waals surface area contributed by atoms with Crippen molar-refractivity contribution in [1.29, 1.82) is 0 Å². The summed E-state index contributed by atoms with van der Waals surface area (Å²) in [7, 11) is 0. The maximum atomic E-state index is 12.3. The van der Waals surface area contributed by atoms with E-state index in [1.807, 2.05) is 48.7 Å². The smallest absolute Gasteiger partial charge is 0.251 e. The van der Waals surface area contributed by atoms with Crippen LogP contribution < -0.4 is 16.4 Å². The molecule has 0 aliphatic carbocycles. The van der Waals surface area contributed by atoms with Gasteiger partial charge in [0.2, 0.25) is 5.95 Å². The van der Waals surface area contributed by atoms with Gasteiger partial charge in [0.15, 0.2) is 5.65 Å². The molecule has 0 saturated carbocycles. The van der Waals surface area contributed by atoms with Crippen LogP contribution in [0.25, 0.3) is 16.9 Å². The molecule has 7 nitrogen and oxygen atoms in total. The number of aryl methyl sites for hydroxylation is 1. The number of fused-ring (bicyclic) bond motifs is 1.